The molecule has 0 spiro atoms. The van der Waals surface area contributed by atoms with Crippen LogP contribution in [0.2, 0.25) is 0 Å². The van der Waals surface area contributed by atoms with Gasteiger partial charge in [-0.15, -0.1) is 0 Å². The number of pyridine rings is 1. The molecule has 4 nitrogen and oxygen atoms in total. The lowest BCUT2D eigenvalue weighted by molar-refractivity contribution is -0.255. The minimum absolute atomic E-state index is 0.154. The fourth-order valence-electron chi connectivity index (χ4n) is 1.63. The number of carbonyl (C=O) groups excluding carboxylic acids is 1. The lowest BCUT2D eigenvalue weighted by atomic mass is 10.2. The van der Waals surface area contributed by atoms with E-state index in [9.17, 15) is 9.90 Å². The Bertz CT molecular complexity index is 526. The normalized spacial score (nSPS) is 10.2. The van der Waals surface area contributed by atoms with Crippen molar-refractivity contribution >= 4 is 5.97 Å². The summed E-state index contributed by atoms with van der Waals surface area (Å²) in [4.78, 5) is 14.8. The molecule has 2 rings (SSSR count). The predicted octanol–water partition coefficient (Wildman–Crippen LogP) is 0.735. The molecule has 0 saturated heterocycles. The number of carboxylic acid groups (broad SMARTS) is 1. The Morgan fingerprint density at radius 2 is 1.94 bits per heavy atom. The molecular formula is C14H13N2O2-. The van der Waals surface area contributed by atoms with Crippen LogP contribution < -0.4 is 10.4 Å². The molecule has 4 heteroatoms. The Balaban J connectivity index is 1.90. The van der Waals surface area contributed by atoms with Crippen molar-refractivity contribution in [2.75, 3.05) is 0 Å². The fourth-order valence-corrected chi connectivity index (χ4v) is 1.63. The minimum Gasteiger partial charge on any atom is -0.545 e. The summed E-state index contributed by atoms with van der Waals surface area (Å²) in [6, 6.07) is 12.9. The predicted molar refractivity (Wildman–Crippen MR) is 65.6 cm³/mol. The third-order valence-corrected chi connectivity index (χ3v) is 2.53. The van der Waals surface area contributed by atoms with Gasteiger partial charge in [0.15, 0.2) is 0 Å². The van der Waals surface area contributed by atoms with Crippen LogP contribution in [0.4, 0.5) is 0 Å². The molecule has 0 fully saturated rings. The first-order chi connectivity index (χ1) is 8.75. The second kappa shape index (κ2) is 5.93. The summed E-state index contributed by atoms with van der Waals surface area (Å²) in [5.41, 5.74) is 2.02. The Morgan fingerprint density at radius 1 is 1.17 bits per heavy atom. The molecule has 0 aliphatic heterocycles. The molecule has 92 valence electrons. The maximum Gasteiger partial charge on any atom is 0.0716 e. The van der Waals surface area contributed by atoms with E-state index in [1.54, 1.807) is 0 Å². The average molecular weight is 241 g/mol. The zero-order chi connectivity index (χ0) is 12.8. The largest absolute Gasteiger partial charge is 0.545 e. The minimum atomic E-state index is -1.18. The van der Waals surface area contributed by atoms with Crippen LogP contribution in [0.3, 0.4) is 0 Å². The smallest absolute Gasteiger partial charge is 0.0716 e. The van der Waals surface area contributed by atoms with E-state index in [1.807, 2.05) is 30.3 Å². The molecule has 0 saturated carbocycles. The van der Waals surface area contributed by atoms with E-state index in [1.165, 1.54) is 23.9 Å². The number of aromatic carboxylic acids is 1. The van der Waals surface area contributed by atoms with Crippen molar-refractivity contribution in [2.24, 2.45) is 0 Å². The van der Waals surface area contributed by atoms with Crippen LogP contribution in [0.25, 0.3) is 0 Å². The molecule has 1 aromatic heterocycles. The van der Waals surface area contributed by atoms with Crippen molar-refractivity contribution in [1.82, 2.24) is 10.3 Å². The van der Waals surface area contributed by atoms with E-state index < -0.39 is 5.97 Å². The van der Waals surface area contributed by atoms with Crippen LogP contribution in [-0.2, 0) is 13.1 Å². The number of carboxylic acids is 1. The van der Waals surface area contributed by atoms with Crippen LogP contribution in [0.1, 0.15) is 21.6 Å². The second-order valence-electron chi connectivity index (χ2n) is 3.91. The lowest BCUT2D eigenvalue weighted by Crippen LogP contribution is -2.23. The van der Waals surface area contributed by atoms with Gasteiger partial charge in [0.1, 0.15) is 0 Å². The molecule has 18 heavy (non-hydrogen) atoms. The number of carbonyl (C=O) groups is 1. The Kier molecular flexibility index (Phi) is 4.04. The lowest BCUT2D eigenvalue weighted by Gasteiger charge is -2.07. The van der Waals surface area contributed by atoms with E-state index in [-0.39, 0.29) is 5.56 Å². The van der Waals surface area contributed by atoms with Gasteiger partial charge in [-0.25, -0.2) is 0 Å². The summed E-state index contributed by atoms with van der Waals surface area (Å²) in [5, 5.41) is 13.9. The van der Waals surface area contributed by atoms with E-state index in [0.29, 0.717) is 12.2 Å². The van der Waals surface area contributed by atoms with E-state index in [0.717, 1.165) is 6.54 Å². The van der Waals surface area contributed by atoms with Crippen molar-refractivity contribution in [1.29, 1.82) is 0 Å². The zero-order valence-electron chi connectivity index (χ0n) is 9.80. The van der Waals surface area contributed by atoms with Gasteiger partial charge in [-0.3, -0.25) is 4.98 Å². The average Bonchev–Trinajstić information content (AvgIpc) is 2.40. The van der Waals surface area contributed by atoms with Crippen molar-refractivity contribution in [2.45, 2.75) is 13.1 Å². The van der Waals surface area contributed by atoms with Crippen molar-refractivity contribution in [3.8, 4) is 0 Å². The summed E-state index contributed by atoms with van der Waals surface area (Å²) in [6.07, 6.45) is 1.48. The van der Waals surface area contributed by atoms with Crippen LogP contribution in [0, 0.1) is 0 Å². The first-order valence-electron chi connectivity index (χ1n) is 5.66. The number of hydrogen-bond acceptors (Lipinski definition) is 4. The monoisotopic (exact) mass is 241 g/mol. The summed E-state index contributed by atoms with van der Waals surface area (Å²) in [7, 11) is 0. The molecular weight excluding hydrogens is 228 g/mol. The molecule has 0 aliphatic carbocycles. The number of nitrogens with one attached hydrogen (secondary N) is 1. The van der Waals surface area contributed by atoms with E-state index >= 15 is 0 Å². The van der Waals surface area contributed by atoms with Gasteiger partial charge in [-0.05, 0) is 17.7 Å². The van der Waals surface area contributed by atoms with Gasteiger partial charge in [0.2, 0.25) is 0 Å². The zero-order valence-corrected chi connectivity index (χ0v) is 9.80. The third-order valence-electron chi connectivity index (χ3n) is 2.53. The topological polar surface area (TPSA) is 65.0 Å². The summed E-state index contributed by atoms with van der Waals surface area (Å²) < 4.78 is 0. The van der Waals surface area contributed by atoms with Crippen LogP contribution >= 0.6 is 0 Å². The first kappa shape index (κ1) is 12.3. The molecule has 1 N–H and O–H groups in total. The van der Waals surface area contributed by atoms with Gasteiger partial charge in [-0.1, -0.05) is 30.3 Å². The van der Waals surface area contributed by atoms with Crippen molar-refractivity contribution < 1.29 is 9.90 Å². The molecule has 1 heterocycles. The highest BCUT2D eigenvalue weighted by atomic mass is 16.4. The number of rotatable bonds is 5. The van der Waals surface area contributed by atoms with Crippen molar-refractivity contribution in [3.63, 3.8) is 0 Å². The van der Waals surface area contributed by atoms with Gasteiger partial charge in [0.05, 0.1) is 11.7 Å². The highest BCUT2D eigenvalue weighted by Crippen LogP contribution is 2.02. The van der Waals surface area contributed by atoms with Crippen molar-refractivity contribution in [3.05, 3.63) is 65.5 Å². The first-order valence-corrected chi connectivity index (χ1v) is 5.66. The van der Waals surface area contributed by atoms with Crippen LogP contribution in [0.15, 0.2) is 48.7 Å². The Labute approximate surface area is 105 Å². The highest BCUT2D eigenvalue weighted by Gasteiger charge is 1.98. The highest BCUT2D eigenvalue weighted by molar-refractivity contribution is 5.85. The number of aromatic nitrogens is 1. The van der Waals surface area contributed by atoms with Crippen LogP contribution in [0.5, 0.6) is 0 Å². The second-order valence-corrected chi connectivity index (χ2v) is 3.91. The van der Waals surface area contributed by atoms with Crippen LogP contribution in [-0.4, -0.2) is 11.0 Å². The molecule has 0 radical (unpaired) electrons. The van der Waals surface area contributed by atoms with Gasteiger partial charge < -0.3 is 15.2 Å². The Hall–Kier alpha value is -2.20. The SMILES string of the molecule is O=C([O-])c1ccnc(CNCc2ccccc2)c1. The van der Waals surface area contributed by atoms with Gasteiger partial charge >= 0.3 is 0 Å². The maximum atomic E-state index is 10.7. The molecule has 0 unspecified atom stereocenters. The quantitative estimate of drug-likeness (QED) is 0.838. The summed E-state index contributed by atoms with van der Waals surface area (Å²) >= 11 is 0. The third kappa shape index (κ3) is 3.40. The van der Waals surface area contributed by atoms with Gasteiger partial charge in [-0.2, -0.15) is 0 Å². The molecule has 0 amide bonds. The molecule has 0 aliphatic rings. The van der Waals surface area contributed by atoms with E-state index in [4.69, 9.17) is 0 Å². The summed E-state index contributed by atoms with van der Waals surface area (Å²) in [5.74, 6) is -1.18. The maximum absolute atomic E-state index is 10.7. The standard InChI is InChI=1S/C14H14N2O2/c17-14(18)12-6-7-16-13(8-12)10-15-9-11-4-2-1-3-5-11/h1-8,15H,9-10H2,(H,17,18)/p-1. The molecule has 1 aromatic carbocycles. The van der Waals surface area contributed by atoms with Gasteiger partial charge in [0, 0.05) is 24.8 Å². The summed E-state index contributed by atoms with van der Waals surface area (Å²) in [6.45, 7) is 1.24. The number of hydrogen-bond donors (Lipinski definition) is 1. The molecule has 0 bridgehead atoms. The molecule has 2 aromatic rings. The fraction of sp³-hybridized carbons (Fsp3) is 0.143. The van der Waals surface area contributed by atoms with Gasteiger partial charge in [0.25, 0.3) is 0 Å². The number of nitrogens with zero attached hydrogens (tertiary/aromatic N) is 1. The van der Waals surface area contributed by atoms with E-state index in [2.05, 4.69) is 10.3 Å². The molecule has 0 atom stereocenters. The Morgan fingerprint density at radius 3 is 2.67 bits per heavy atom. The number of benzene rings is 1.